The van der Waals surface area contributed by atoms with Crippen LogP contribution in [0.5, 0.6) is 0 Å². The summed E-state index contributed by atoms with van der Waals surface area (Å²) in [6.45, 7) is 3.29. The average Bonchev–Trinajstić information content (AvgIpc) is 2.76. The Hall–Kier alpha value is -1.16. The number of benzene rings is 1. The van der Waals surface area contributed by atoms with Gasteiger partial charge in [0.2, 0.25) is 0 Å². The molecule has 83 valence electrons. The molecule has 1 aromatic carbocycles. The molecule has 1 saturated heterocycles. The lowest BCUT2D eigenvalue weighted by Gasteiger charge is -2.34. The van der Waals surface area contributed by atoms with Crippen molar-refractivity contribution in [3.05, 3.63) is 30.1 Å². The van der Waals surface area contributed by atoms with Crippen LogP contribution in [0.15, 0.2) is 24.4 Å². The minimum atomic E-state index is 0.593. The first-order valence-electron chi connectivity index (χ1n) is 5.47. The highest BCUT2D eigenvalue weighted by Crippen LogP contribution is 2.27. The molecule has 0 spiro atoms. The van der Waals surface area contributed by atoms with Crippen LogP contribution in [-0.4, -0.2) is 28.5 Å². The zero-order valence-corrected chi connectivity index (χ0v) is 10.00. The molecular weight excluding hydrogens is 218 g/mol. The zero-order valence-electron chi connectivity index (χ0n) is 9.18. The van der Waals surface area contributed by atoms with Gasteiger partial charge in [0.25, 0.3) is 0 Å². The Morgan fingerprint density at radius 3 is 3.31 bits per heavy atom. The lowest BCUT2D eigenvalue weighted by molar-refractivity contribution is 0.717. The van der Waals surface area contributed by atoms with Crippen molar-refractivity contribution in [2.75, 3.05) is 17.2 Å². The molecule has 0 saturated carbocycles. The SMILES string of the molecule is CC1CS[CH]CN1c1ccc2cn[nH]c2c1. The monoisotopic (exact) mass is 232 g/mol. The number of nitrogens with one attached hydrogen (secondary N) is 1. The second-order valence-electron chi connectivity index (χ2n) is 4.14. The van der Waals surface area contributed by atoms with E-state index in [2.05, 4.69) is 46.0 Å². The minimum absolute atomic E-state index is 0.593. The first-order chi connectivity index (χ1) is 7.84. The summed E-state index contributed by atoms with van der Waals surface area (Å²) < 4.78 is 0. The maximum Gasteiger partial charge on any atom is 0.0670 e. The van der Waals surface area contributed by atoms with Gasteiger partial charge in [-0.2, -0.15) is 16.9 Å². The van der Waals surface area contributed by atoms with Gasteiger partial charge < -0.3 is 4.90 Å². The fraction of sp³-hybridized carbons (Fsp3) is 0.333. The molecule has 1 fully saturated rings. The number of hydrogen-bond donors (Lipinski definition) is 1. The number of thioether (sulfide) groups is 1. The van der Waals surface area contributed by atoms with E-state index in [1.807, 2.05) is 18.0 Å². The normalized spacial score (nSPS) is 21.6. The summed E-state index contributed by atoms with van der Waals surface area (Å²) in [4.78, 5) is 2.43. The average molecular weight is 232 g/mol. The van der Waals surface area contributed by atoms with E-state index in [0.717, 1.165) is 12.1 Å². The Bertz CT molecular complexity index is 494. The number of aromatic nitrogens is 2. The molecule has 0 bridgehead atoms. The number of anilines is 1. The van der Waals surface area contributed by atoms with Crippen molar-refractivity contribution in [2.24, 2.45) is 0 Å². The van der Waals surface area contributed by atoms with E-state index in [9.17, 15) is 0 Å². The Kier molecular flexibility index (Phi) is 2.52. The highest BCUT2D eigenvalue weighted by atomic mass is 32.2. The van der Waals surface area contributed by atoms with Crippen LogP contribution in [0.1, 0.15) is 6.92 Å². The van der Waals surface area contributed by atoms with E-state index in [0.29, 0.717) is 6.04 Å². The van der Waals surface area contributed by atoms with Gasteiger partial charge in [-0.3, -0.25) is 5.10 Å². The topological polar surface area (TPSA) is 31.9 Å². The molecule has 16 heavy (non-hydrogen) atoms. The number of fused-ring (bicyclic) bond motifs is 1. The molecular formula is C12H14N3S. The van der Waals surface area contributed by atoms with Crippen LogP contribution in [0.3, 0.4) is 0 Å². The van der Waals surface area contributed by atoms with Gasteiger partial charge in [-0.1, -0.05) is 0 Å². The molecule has 1 radical (unpaired) electrons. The molecule has 3 rings (SSSR count). The summed E-state index contributed by atoms with van der Waals surface area (Å²) in [5.41, 5.74) is 2.39. The molecule has 1 N–H and O–H groups in total. The van der Waals surface area contributed by atoms with Gasteiger partial charge in [0, 0.05) is 35.2 Å². The maximum atomic E-state index is 4.05. The molecule has 1 atom stereocenters. The third-order valence-corrected chi connectivity index (χ3v) is 4.08. The lowest BCUT2D eigenvalue weighted by atomic mass is 10.2. The van der Waals surface area contributed by atoms with E-state index >= 15 is 0 Å². The minimum Gasteiger partial charge on any atom is -0.367 e. The maximum absolute atomic E-state index is 4.05. The van der Waals surface area contributed by atoms with Crippen LogP contribution >= 0.6 is 11.8 Å². The van der Waals surface area contributed by atoms with Gasteiger partial charge >= 0.3 is 0 Å². The number of nitrogens with zero attached hydrogens (tertiary/aromatic N) is 2. The Balaban J connectivity index is 1.97. The van der Waals surface area contributed by atoms with Crippen LogP contribution in [0, 0.1) is 5.75 Å². The molecule has 3 nitrogen and oxygen atoms in total. The molecule has 0 aliphatic carbocycles. The predicted molar refractivity (Wildman–Crippen MR) is 69.7 cm³/mol. The Morgan fingerprint density at radius 2 is 2.44 bits per heavy atom. The molecule has 2 heterocycles. The number of aromatic amines is 1. The second kappa shape index (κ2) is 4.01. The fourth-order valence-electron chi connectivity index (χ4n) is 2.07. The van der Waals surface area contributed by atoms with Crippen LogP contribution in [-0.2, 0) is 0 Å². The number of H-pyrrole nitrogens is 1. The standard InChI is InChI=1S/C12H14N3S/c1-9-8-16-5-4-15(9)11-3-2-10-7-13-14-12(10)6-11/h2-3,5-7,9H,4,8H2,1H3,(H,13,14). The van der Waals surface area contributed by atoms with Crippen molar-refractivity contribution in [3.63, 3.8) is 0 Å². The number of hydrogen-bond acceptors (Lipinski definition) is 3. The van der Waals surface area contributed by atoms with E-state index in [1.54, 1.807) is 0 Å². The van der Waals surface area contributed by atoms with E-state index < -0.39 is 0 Å². The van der Waals surface area contributed by atoms with Gasteiger partial charge in [-0.05, 0) is 25.1 Å². The van der Waals surface area contributed by atoms with Crippen LogP contribution in [0.4, 0.5) is 5.69 Å². The third-order valence-electron chi connectivity index (χ3n) is 3.02. The zero-order chi connectivity index (χ0) is 11.0. The van der Waals surface area contributed by atoms with Gasteiger partial charge in [-0.25, -0.2) is 0 Å². The van der Waals surface area contributed by atoms with Gasteiger partial charge in [0.05, 0.1) is 11.7 Å². The highest BCUT2D eigenvalue weighted by molar-refractivity contribution is 8.01. The second-order valence-corrected chi connectivity index (χ2v) is 5.14. The third kappa shape index (κ3) is 1.67. The highest BCUT2D eigenvalue weighted by Gasteiger charge is 2.19. The van der Waals surface area contributed by atoms with Gasteiger partial charge in [-0.15, -0.1) is 0 Å². The van der Waals surface area contributed by atoms with E-state index in [4.69, 9.17) is 0 Å². The molecule has 1 aliphatic heterocycles. The Morgan fingerprint density at radius 1 is 1.50 bits per heavy atom. The summed E-state index contributed by atoms with van der Waals surface area (Å²) >= 11 is 1.92. The van der Waals surface area contributed by atoms with E-state index in [-0.39, 0.29) is 0 Å². The summed E-state index contributed by atoms with van der Waals surface area (Å²) in [5.74, 6) is 3.44. The van der Waals surface area contributed by atoms with Crippen molar-refractivity contribution in [1.29, 1.82) is 0 Å². The summed E-state index contributed by atoms with van der Waals surface area (Å²) in [6, 6.07) is 7.08. The predicted octanol–water partition coefficient (Wildman–Crippen LogP) is 2.67. The molecule has 2 aromatic rings. The van der Waals surface area contributed by atoms with Gasteiger partial charge in [0.1, 0.15) is 0 Å². The largest absolute Gasteiger partial charge is 0.367 e. The molecule has 1 aliphatic rings. The fourth-order valence-corrected chi connectivity index (χ4v) is 2.93. The lowest BCUT2D eigenvalue weighted by Crippen LogP contribution is -2.38. The molecule has 4 heteroatoms. The van der Waals surface area contributed by atoms with Crippen LogP contribution < -0.4 is 4.90 Å². The van der Waals surface area contributed by atoms with Crippen LogP contribution in [0.2, 0.25) is 0 Å². The smallest absolute Gasteiger partial charge is 0.0670 e. The van der Waals surface area contributed by atoms with Crippen molar-refractivity contribution in [3.8, 4) is 0 Å². The first kappa shape index (κ1) is 10.0. The summed E-state index contributed by atoms with van der Waals surface area (Å²) in [5, 5.41) is 8.25. The van der Waals surface area contributed by atoms with E-state index in [1.165, 1.54) is 16.8 Å². The Labute approximate surface area is 99.2 Å². The number of rotatable bonds is 1. The van der Waals surface area contributed by atoms with Crippen molar-refractivity contribution >= 4 is 28.4 Å². The molecule has 1 unspecified atom stereocenters. The van der Waals surface area contributed by atoms with Gasteiger partial charge in [0.15, 0.2) is 0 Å². The van der Waals surface area contributed by atoms with Crippen LogP contribution in [0.25, 0.3) is 10.9 Å². The summed E-state index contributed by atoms with van der Waals surface area (Å²) in [7, 11) is 0. The van der Waals surface area contributed by atoms with Crippen molar-refractivity contribution in [2.45, 2.75) is 13.0 Å². The first-order valence-corrected chi connectivity index (χ1v) is 6.52. The van der Waals surface area contributed by atoms with Crippen molar-refractivity contribution in [1.82, 2.24) is 10.2 Å². The molecule has 0 amide bonds. The summed E-state index contributed by atoms with van der Waals surface area (Å²) in [6.07, 6.45) is 1.86. The van der Waals surface area contributed by atoms with Crippen molar-refractivity contribution < 1.29 is 0 Å². The molecule has 1 aromatic heterocycles. The quantitative estimate of drug-likeness (QED) is 0.820.